The van der Waals surface area contributed by atoms with Crippen LogP contribution in [0, 0.1) is 16.7 Å². The van der Waals surface area contributed by atoms with Gasteiger partial charge >= 0.3 is 0 Å². The van der Waals surface area contributed by atoms with Gasteiger partial charge in [-0.1, -0.05) is 6.92 Å². The highest BCUT2D eigenvalue weighted by Crippen LogP contribution is 2.22. The summed E-state index contributed by atoms with van der Waals surface area (Å²) in [5.74, 6) is -0.886. The first-order valence-electron chi connectivity index (χ1n) is 5.55. The van der Waals surface area contributed by atoms with Gasteiger partial charge in [-0.25, -0.2) is 0 Å². The van der Waals surface area contributed by atoms with Crippen molar-refractivity contribution in [2.45, 2.75) is 20.3 Å². The molecule has 3 N–H and O–H groups in total. The van der Waals surface area contributed by atoms with Gasteiger partial charge in [-0.15, -0.1) is 0 Å². The minimum atomic E-state index is -1.05. The molecule has 2 amide bonds. The molecule has 0 radical (unpaired) electrons. The minimum absolute atomic E-state index is 0.362. The lowest BCUT2D eigenvalue weighted by Gasteiger charge is -2.18. The van der Waals surface area contributed by atoms with Crippen LogP contribution in [-0.2, 0) is 4.79 Å². The molecular weight excluding hydrogens is 230 g/mol. The van der Waals surface area contributed by atoms with Gasteiger partial charge in [-0.05, 0) is 37.6 Å². The van der Waals surface area contributed by atoms with E-state index in [9.17, 15) is 9.59 Å². The fraction of sp³-hybridized carbons (Fsp3) is 0.308. The summed E-state index contributed by atoms with van der Waals surface area (Å²) in [5, 5.41) is 11.6. The Morgan fingerprint density at radius 2 is 1.94 bits per heavy atom. The largest absolute Gasteiger partial charge is 0.366 e. The second-order valence-corrected chi connectivity index (χ2v) is 4.19. The highest BCUT2D eigenvalue weighted by Gasteiger charge is 2.31. The molecule has 1 unspecified atom stereocenters. The Balaban J connectivity index is 2.83. The van der Waals surface area contributed by atoms with Crippen molar-refractivity contribution in [3.05, 3.63) is 29.8 Å². The molecule has 0 aliphatic carbocycles. The van der Waals surface area contributed by atoms with E-state index in [1.807, 2.05) is 6.07 Å². The van der Waals surface area contributed by atoms with Gasteiger partial charge in [0.2, 0.25) is 11.8 Å². The third kappa shape index (κ3) is 2.86. The average molecular weight is 245 g/mol. The summed E-state index contributed by atoms with van der Waals surface area (Å²) in [4.78, 5) is 22.8. The maximum absolute atomic E-state index is 11.9. The number of nitriles is 1. The number of nitrogens with one attached hydrogen (secondary N) is 1. The molecule has 1 rings (SSSR count). The first-order chi connectivity index (χ1) is 8.42. The van der Waals surface area contributed by atoms with Crippen molar-refractivity contribution in [3.8, 4) is 6.07 Å². The van der Waals surface area contributed by atoms with Gasteiger partial charge in [-0.2, -0.15) is 5.26 Å². The Morgan fingerprint density at radius 3 is 2.33 bits per heavy atom. The first kappa shape index (κ1) is 13.7. The van der Waals surface area contributed by atoms with Gasteiger partial charge < -0.3 is 11.1 Å². The fourth-order valence-corrected chi connectivity index (χ4v) is 1.28. The fourth-order valence-electron chi connectivity index (χ4n) is 1.28. The maximum atomic E-state index is 11.9. The maximum Gasteiger partial charge on any atom is 0.248 e. The number of carbonyl (C=O) groups excluding carboxylic acids is 2. The van der Waals surface area contributed by atoms with Gasteiger partial charge in [0, 0.05) is 11.3 Å². The summed E-state index contributed by atoms with van der Waals surface area (Å²) in [6.45, 7) is 3.36. The molecule has 1 aromatic rings. The molecule has 5 nitrogen and oxygen atoms in total. The van der Waals surface area contributed by atoms with E-state index in [-0.39, 0.29) is 5.91 Å². The number of nitrogens with zero attached hydrogens (tertiary/aromatic N) is 1. The molecule has 18 heavy (non-hydrogen) atoms. The predicted molar refractivity (Wildman–Crippen MR) is 67.6 cm³/mol. The van der Waals surface area contributed by atoms with E-state index >= 15 is 0 Å². The number of nitrogens with two attached hydrogens (primary N) is 1. The van der Waals surface area contributed by atoms with Gasteiger partial charge in [0.05, 0.1) is 6.07 Å². The highest BCUT2D eigenvalue weighted by atomic mass is 16.2. The Bertz CT molecular complexity index is 502. The van der Waals surface area contributed by atoms with Crippen molar-refractivity contribution < 1.29 is 9.59 Å². The Morgan fingerprint density at radius 1 is 1.39 bits per heavy atom. The molecule has 0 spiro atoms. The van der Waals surface area contributed by atoms with E-state index in [1.54, 1.807) is 26.0 Å². The lowest BCUT2D eigenvalue weighted by Crippen LogP contribution is -2.31. The molecule has 1 atom stereocenters. The average Bonchev–Trinajstić information content (AvgIpc) is 2.38. The van der Waals surface area contributed by atoms with Crippen molar-refractivity contribution in [2.24, 2.45) is 11.1 Å². The number of rotatable bonds is 4. The lowest BCUT2D eigenvalue weighted by atomic mass is 9.88. The van der Waals surface area contributed by atoms with Gasteiger partial charge in [0.25, 0.3) is 0 Å². The van der Waals surface area contributed by atoms with Crippen molar-refractivity contribution in [1.29, 1.82) is 5.26 Å². The number of hydrogen-bond donors (Lipinski definition) is 2. The zero-order valence-electron chi connectivity index (χ0n) is 10.4. The Hall–Kier alpha value is -2.35. The molecule has 0 heterocycles. The Kier molecular flexibility index (Phi) is 4.05. The second-order valence-electron chi connectivity index (χ2n) is 4.19. The number of amides is 2. The number of anilines is 1. The van der Waals surface area contributed by atoms with Crippen LogP contribution < -0.4 is 11.1 Å². The number of hydrogen-bond acceptors (Lipinski definition) is 3. The van der Waals surface area contributed by atoms with E-state index in [0.717, 1.165) is 0 Å². The number of primary amides is 1. The van der Waals surface area contributed by atoms with Crippen LogP contribution in [0.25, 0.3) is 0 Å². The molecule has 0 aliphatic heterocycles. The summed E-state index contributed by atoms with van der Waals surface area (Å²) in [6, 6.07) is 8.18. The van der Waals surface area contributed by atoms with E-state index in [0.29, 0.717) is 17.7 Å². The van der Waals surface area contributed by atoms with Gasteiger partial charge in [0.1, 0.15) is 5.41 Å². The molecule has 0 saturated carbocycles. The van der Waals surface area contributed by atoms with Crippen molar-refractivity contribution >= 4 is 17.5 Å². The SMILES string of the molecule is CCC(C)(C#N)C(=O)Nc1ccc(C(N)=O)cc1. The summed E-state index contributed by atoms with van der Waals surface area (Å²) >= 11 is 0. The van der Waals surface area contributed by atoms with Crippen LogP contribution >= 0.6 is 0 Å². The predicted octanol–water partition coefficient (Wildman–Crippen LogP) is 1.66. The highest BCUT2D eigenvalue weighted by molar-refractivity contribution is 5.98. The summed E-state index contributed by atoms with van der Waals surface area (Å²) in [7, 11) is 0. The molecule has 1 aromatic carbocycles. The molecule has 0 aromatic heterocycles. The lowest BCUT2D eigenvalue weighted by molar-refractivity contribution is -0.122. The van der Waals surface area contributed by atoms with E-state index < -0.39 is 11.3 Å². The van der Waals surface area contributed by atoms with Crippen molar-refractivity contribution in [2.75, 3.05) is 5.32 Å². The first-order valence-corrected chi connectivity index (χ1v) is 5.55. The van der Waals surface area contributed by atoms with Gasteiger partial charge in [0.15, 0.2) is 0 Å². The Labute approximate surface area is 106 Å². The van der Waals surface area contributed by atoms with Crippen molar-refractivity contribution in [1.82, 2.24) is 0 Å². The third-order valence-corrected chi connectivity index (χ3v) is 2.88. The molecule has 0 fully saturated rings. The van der Waals surface area contributed by atoms with Crippen LogP contribution in [0.4, 0.5) is 5.69 Å². The summed E-state index contributed by atoms with van der Waals surface area (Å²) in [5.41, 5.74) is 4.95. The molecule has 0 saturated heterocycles. The molecular formula is C13H15N3O2. The third-order valence-electron chi connectivity index (χ3n) is 2.88. The number of benzene rings is 1. The van der Waals surface area contributed by atoms with Gasteiger partial charge in [-0.3, -0.25) is 9.59 Å². The molecule has 0 aliphatic rings. The normalized spacial score (nSPS) is 13.2. The second kappa shape index (κ2) is 5.32. The minimum Gasteiger partial charge on any atom is -0.366 e. The zero-order chi connectivity index (χ0) is 13.8. The van der Waals surface area contributed by atoms with E-state index in [2.05, 4.69) is 5.32 Å². The van der Waals surface area contributed by atoms with Crippen LogP contribution in [0.1, 0.15) is 30.6 Å². The van der Waals surface area contributed by atoms with E-state index in [4.69, 9.17) is 11.0 Å². The molecule has 0 bridgehead atoms. The number of carbonyl (C=O) groups is 2. The zero-order valence-corrected chi connectivity index (χ0v) is 10.4. The smallest absolute Gasteiger partial charge is 0.248 e. The molecule has 94 valence electrons. The van der Waals surface area contributed by atoms with Crippen LogP contribution in [-0.4, -0.2) is 11.8 Å². The van der Waals surface area contributed by atoms with Crippen LogP contribution in [0.2, 0.25) is 0 Å². The topological polar surface area (TPSA) is 96.0 Å². The standard InChI is InChI=1S/C13H15N3O2/c1-3-13(2,8-14)12(18)16-10-6-4-9(5-7-10)11(15)17/h4-7H,3H2,1-2H3,(H2,15,17)(H,16,18). The summed E-state index contributed by atoms with van der Waals surface area (Å²) < 4.78 is 0. The monoisotopic (exact) mass is 245 g/mol. The van der Waals surface area contributed by atoms with Crippen molar-refractivity contribution in [3.63, 3.8) is 0 Å². The van der Waals surface area contributed by atoms with E-state index in [1.165, 1.54) is 12.1 Å². The summed E-state index contributed by atoms with van der Waals surface area (Å²) in [6.07, 6.45) is 0.425. The molecule has 5 heteroatoms. The quantitative estimate of drug-likeness (QED) is 0.844. The van der Waals surface area contributed by atoms with Crippen LogP contribution in [0.3, 0.4) is 0 Å². The van der Waals surface area contributed by atoms with Crippen LogP contribution in [0.5, 0.6) is 0 Å². The van der Waals surface area contributed by atoms with Crippen LogP contribution in [0.15, 0.2) is 24.3 Å².